The van der Waals surface area contributed by atoms with Crippen LogP contribution in [-0.4, -0.2) is 44.9 Å². The third-order valence-electron chi connectivity index (χ3n) is 6.53. The average molecular weight is 451 g/mol. The van der Waals surface area contributed by atoms with Crippen molar-refractivity contribution >= 4 is 11.6 Å². The lowest BCUT2D eigenvalue weighted by Crippen LogP contribution is -2.37. The molecular weight excluding hydrogens is 416 g/mol. The van der Waals surface area contributed by atoms with Gasteiger partial charge >= 0.3 is 6.01 Å². The van der Waals surface area contributed by atoms with Crippen LogP contribution in [0.25, 0.3) is 5.65 Å². The second-order valence-corrected chi connectivity index (χ2v) is 9.39. The Morgan fingerprint density at radius 3 is 2.67 bits per heavy atom. The normalized spacial score (nSPS) is 19.3. The van der Waals surface area contributed by atoms with Crippen LogP contribution in [0.2, 0.25) is 0 Å². The molecule has 0 spiro atoms. The van der Waals surface area contributed by atoms with E-state index in [4.69, 9.17) is 19.4 Å². The van der Waals surface area contributed by atoms with Crippen molar-refractivity contribution in [1.82, 2.24) is 24.9 Å². The van der Waals surface area contributed by atoms with Gasteiger partial charge in [-0.2, -0.15) is 19.6 Å². The van der Waals surface area contributed by atoms with Crippen molar-refractivity contribution in [3.8, 4) is 11.8 Å². The molecule has 2 fully saturated rings. The first kappa shape index (κ1) is 21.9. The Hall–Kier alpha value is -2.87. The Kier molecular flexibility index (Phi) is 6.62. The highest BCUT2D eigenvalue weighted by Gasteiger charge is 2.21. The lowest BCUT2D eigenvalue weighted by atomic mass is 10.1. The lowest BCUT2D eigenvalue weighted by Gasteiger charge is -2.23. The van der Waals surface area contributed by atoms with Crippen LogP contribution in [0.3, 0.4) is 0 Å². The van der Waals surface area contributed by atoms with Gasteiger partial charge in [-0.1, -0.05) is 32.0 Å². The fourth-order valence-electron chi connectivity index (χ4n) is 4.64. The average Bonchev–Trinajstić information content (AvgIpc) is 3.49. The van der Waals surface area contributed by atoms with Crippen molar-refractivity contribution in [1.29, 1.82) is 0 Å². The summed E-state index contributed by atoms with van der Waals surface area (Å²) in [6.07, 6.45) is 9.16. The zero-order valence-corrected chi connectivity index (χ0v) is 19.6. The van der Waals surface area contributed by atoms with Crippen LogP contribution in [0, 0.1) is 0 Å². The summed E-state index contributed by atoms with van der Waals surface area (Å²) in [7, 11) is 0. The maximum atomic E-state index is 6.32. The van der Waals surface area contributed by atoms with Gasteiger partial charge in [-0.3, -0.25) is 0 Å². The first-order valence-electron chi connectivity index (χ1n) is 12.3. The topological polar surface area (TPSA) is 85.6 Å². The van der Waals surface area contributed by atoms with Crippen LogP contribution < -0.4 is 20.1 Å². The zero-order chi connectivity index (χ0) is 22.6. The Morgan fingerprint density at radius 2 is 1.88 bits per heavy atom. The maximum absolute atomic E-state index is 6.32. The predicted molar refractivity (Wildman–Crippen MR) is 128 cm³/mol. The smallest absolute Gasteiger partial charge is 0.322 e. The van der Waals surface area contributed by atoms with Gasteiger partial charge in [0.2, 0.25) is 5.95 Å². The second-order valence-electron chi connectivity index (χ2n) is 9.39. The molecule has 8 heteroatoms. The molecule has 0 radical (unpaired) electrons. The number of piperidine rings is 1. The molecule has 3 heterocycles. The number of rotatable bonds is 8. The van der Waals surface area contributed by atoms with E-state index in [2.05, 4.69) is 41.7 Å². The van der Waals surface area contributed by atoms with Gasteiger partial charge in [0.15, 0.2) is 5.65 Å². The summed E-state index contributed by atoms with van der Waals surface area (Å²) >= 11 is 0. The number of aromatic nitrogens is 4. The molecule has 1 saturated carbocycles. The number of fused-ring (bicyclic) bond motifs is 1. The molecular formula is C25H34N6O2. The van der Waals surface area contributed by atoms with Gasteiger partial charge in [-0.05, 0) is 57.1 Å². The number of hydrogen-bond acceptors (Lipinski definition) is 7. The molecule has 0 bridgehead atoms. The predicted octanol–water partition coefficient (Wildman–Crippen LogP) is 4.31. The maximum Gasteiger partial charge on any atom is 0.322 e. The Balaban J connectivity index is 1.40. The molecule has 0 unspecified atom stereocenters. The number of benzene rings is 1. The van der Waals surface area contributed by atoms with E-state index in [1.54, 1.807) is 4.52 Å². The Bertz CT molecular complexity index is 1070. The van der Waals surface area contributed by atoms with E-state index in [0.717, 1.165) is 61.3 Å². The third-order valence-corrected chi connectivity index (χ3v) is 6.53. The van der Waals surface area contributed by atoms with E-state index >= 15 is 0 Å². The molecule has 5 rings (SSSR count). The van der Waals surface area contributed by atoms with Gasteiger partial charge in [0.05, 0.1) is 12.3 Å². The van der Waals surface area contributed by atoms with Crippen molar-refractivity contribution in [2.75, 3.05) is 18.4 Å². The van der Waals surface area contributed by atoms with Crippen molar-refractivity contribution in [3.05, 3.63) is 41.6 Å². The third kappa shape index (κ3) is 5.05. The van der Waals surface area contributed by atoms with Gasteiger partial charge in [-0.25, -0.2) is 0 Å². The highest BCUT2D eigenvalue weighted by Crippen LogP contribution is 2.28. The van der Waals surface area contributed by atoms with Crippen LogP contribution in [-0.2, 0) is 6.54 Å². The van der Waals surface area contributed by atoms with Crippen LogP contribution in [0.15, 0.2) is 30.5 Å². The summed E-state index contributed by atoms with van der Waals surface area (Å²) in [5.74, 6) is 1.87. The fourth-order valence-corrected chi connectivity index (χ4v) is 4.64. The highest BCUT2D eigenvalue weighted by molar-refractivity contribution is 5.53. The van der Waals surface area contributed by atoms with E-state index in [1.165, 1.54) is 12.8 Å². The fraction of sp³-hybridized carbons (Fsp3) is 0.560. The molecule has 2 aliphatic rings. The quantitative estimate of drug-likeness (QED) is 0.529. The molecule has 1 aliphatic heterocycles. The summed E-state index contributed by atoms with van der Waals surface area (Å²) in [5, 5.41) is 11.4. The van der Waals surface area contributed by atoms with E-state index in [0.29, 0.717) is 30.5 Å². The van der Waals surface area contributed by atoms with Crippen LogP contribution in [0.1, 0.15) is 69.4 Å². The van der Waals surface area contributed by atoms with E-state index < -0.39 is 0 Å². The molecule has 1 atom stereocenters. The molecule has 2 N–H and O–H groups in total. The molecule has 1 saturated heterocycles. The summed E-state index contributed by atoms with van der Waals surface area (Å²) in [6, 6.07) is 8.63. The second kappa shape index (κ2) is 9.95. The number of hydrogen-bond donors (Lipinski definition) is 2. The highest BCUT2D eigenvalue weighted by atomic mass is 16.5. The van der Waals surface area contributed by atoms with Gasteiger partial charge in [0.1, 0.15) is 11.9 Å². The molecule has 1 aliphatic carbocycles. The van der Waals surface area contributed by atoms with Crippen LogP contribution in [0.4, 0.5) is 5.95 Å². The minimum absolute atomic E-state index is 0.0833. The van der Waals surface area contributed by atoms with Gasteiger partial charge in [-0.15, -0.1) is 0 Å². The number of nitrogens with one attached hydrogen (secondary N) is 2. The first-order chi connectivity index (χ1) is 16.2. The summed E-state index contributed by atoms with van der Waals surface area (Å²) < 4.78 is 14.3. The molecule has 3 aromatic rings. The molecule has 0 amide bonds. The molecule has 8 nitrogen and oxygen atoms in total. The standard InChI is InChI=1S/C25H34N6O2/c1-17(2)21-16-28-31-23(21)29-25(33-20-11-7-13-26-15-20)30-24(31)27-14-18-8-3-6-12-22(18)32-19-9-4-5-10-19/h3,6,8,12,16-17,19-20,26H,4-5,7,9-11,13-15H2,1-2H3,(H,27,29,30)/t20-/m1/s1. The summed E-state index contributed by atoms with van der Waals surface area (Å²) in [5.41, 5.74) is 2.97. The SMILES string of the molecule is CC(C)c1cnn2c(NCc3ccccc3OC3CCCC3)nc(O[C@@H]3CCCNC3)nc12. The largest absolute Gasteiger partial charge is 0.490 e. The van der Waals surface area contributed by atoms with Crippen molar-refractivity contribution in [3.63, 3.8) is 0 Å². The number of anilines is 1. The van der Waals surface area contributed by atoms with Crippen LogP contribution >= 0.6 is 0 Å². The Morgan fingerprint density at radius 1 is 1.06 bits per heavy atom. The number of para-hydroxylation sites is 1. The zero-order valence-electron chi connectivity index (χ0n) is 19.6. The van der Waals surface area contributed by atoms with Crippen LogP contribution in [0.5, 0.6) is 11.8 Å². The minimum Gasteiger partial charge on any atom is -0.490 e. The first-order valence-corrected chi connectivity index (χ1v) is 12.3. The minimum atomic E-state index is 0.0833. The van der Waals surface area contributed by atoms with Crippen molar-refractivity contribution < 1.29 is 9.47 Å². The molecule has 1 aromatic carbocycles. The van der Waals surface area contributed by atoms with E-state index in [9.17, 15) is 0 Å². The van der Waals surface area contributed by atoms with Crippen molar-refractivity contribution in [2.45, 2.75) is 77.0 Å². The van der Waals surface area contributed by atoms with Gasteiger partial charge in [0.25, 0.3) is 0 Å². The molecule has 33 heavy (non-hydrogen) atoms. The molecule has 176 valence electrons. The summed E-state index contributed by atoms with van der Waals surface area (Å²) in [4.78, 5) is 9.43. The van der Waals surface area contributed by atoms with E-state index in [1.807, 2.05) is 18.3 Å². The van der Waals surface area contributed by atoms with Crippen molar-refractivity contribution in [2.24, 2.45) is 0 Å². The Labute approximate surface area is 195 Å². The summed E-state index contributed by atoms with van der Waals surface area (Å²) in [6.45, 7) is 6.73. The van der Waals surface area contributed by atoms with Gasteiger partial charge in [0, 0.05) is 24.2 Å². The molecule has 2 aromatic heterocycles. The lowest BCUT2D eigenvalue weighted by molar-refractivity contribution is 0.153. The number of ether oxygens (including phenoxy) is 2. The van der Waals surface area contributed by atoms with E-state index in [-0.39, 0.29) is 6.10 Å². The number of nitrogens with zero attached hydrogens (tertiary/aromatic N) is 4. The monoisotopic (exact) mass is 450 g/mol. The van der Waals surface area contributed by atoms with Gasteiger partial charge < -0.3 is 20.1 Å².